The molecule has 0 atom stereocenters. The zero-order valence-electron chi connectivity index (χ0n) is 15.2. The van der Waals surface area contributed by atoms with E-state index < -0.39 is 0 Å². The van der Waals surface area contributed by atoms with Crippen molar-refractivity contribution in [2.24, 2.45) is 0 Å². The summed E-state index contributed by atoms with van der Waals surface area (Å²) in [6, 6.07) is 21.0. The van der Waals surface area contributed by atoms with Gasteiger partial charge >= 0.3 is 0 Å². The van der Waals surface area contributed by atoms with E-state index >= 15 is 0 Å². The van der Waals surface area contributed by atoms with E-state index in [4.69, 9.17) is 16.3 Å². The minimum atomic E-state index is 0.260. The Balaban J connectivity index is 1.46. The summed E-state index contributed by atoms with van der Waals surface area (Å²) in [5.41, 5.74) is 2.75. The molecular weight excluding hydrogens is 374 g/mol. The second kappa shape index (κ2) is 8.10. The first-order valence-corrected chi connectivity index (χ1v) is 9.14. The first-order chi connectivity index (χ1) is 13.7. The number of H-pyrrole nitrogens is 1. The van der Waals surface area contributed by atoms with Crippen molar-refractivity contribution in [1.82, 2.24) is 20.2 Å². The molecule has 0 spiro atoms. The van der Waals surface area contributed by atoms with Crippen molar-refractivity contribution < 1.29 is 4.74 Å². The standard InChI is InChI=1S/C21H18ClN5O/c1-14-11-19(24-20-12-18(26-27-20)15-5-3-2-4-6-15)25-21(23-14)13-28-17-9-7-16(22)8-10-17/h2-12H,13H2,1H3,(H2,23,24,25,26,27). The van der Waals surface area contributed by atoms with Crippen molar-refractivity contribution in [2.75, 3.05) is 5.32 Å². The van der Waals surface area contributed by atoms with Gasteiger partial charge in [-0.05, 0) is 31.2 Å². The summed E-state index contributed by atoms with van der Waals surface area (Å²) in [6.07, 6.45) is 0. The number of hydrogen-bond donors (Lipinski definition) is 2. The number of benzene rings is 2. The highest BCUT2D eigenvalue weighted by Gasteiger charge is 2.07. The molecule has 0 aliphatic heterocycles. The van der Waals surface area contributed by atoms with Crippen molar-refractivity contribution in [2.45, 2.75) is 13.5 Å². The summed E-state index contributed by atoms with van der Waals surface area (Å²) >= 11 is 5.89. The monoisotopic (exact) mass is 391 g/mol. The molecule has 0 saturated heterocycles. The lowest BCUT2D eigenvalue weighted by Crippen LogP contribution is -2.05. The van der Waals surface area contributed by atoms with Gasteiger partial charge in [-0.25, -0.2) is 9.97 Å². The number of halogens is 1. The second-order valence-electron chi connectivity index (χ2n) is 6.21. The second-order valence-corrected chi connectivity index (χ2v) is 6.65. The van der Waals surface area contributed by atoms with Crippen LogP contribution in [0, 0.1) is 6.92 Å². The molecule has 0 saturated carbocycles. The molecule has 7 heteroatoms. The lowest BCUT2D eigenvalue weighted by Gasteiger charge is -2.08. The van der Waals surface area contributed by atoms with Crippen molar-refractivity contribution >= 4 is 23.2 Å². The van der Waals surface area contributed by atoms with Crippen molar-refractivity contribution in [3.05, 3.63) is 83.3 Å². The molecule has 0 unspecified atom stereocenters. The van der Waals surface area contributed by atoms with Crippen LogP contribution in [0.25, 0.3) is 11.3 Å². The van der Waals surface area contributed by atoms with Crippen LogP contribution in [0.3, 0.4) is 0 Å². The Morgan fingerprint density at radius 3 is 2.57 bits per heavy atom. The third-order valence-corrected chi connectivity index (χ3v) is 4.24. The minimum absolute atomic E-state index is 0.260. The van der Waals surface area contributed by atoms with E-state index in [-0.39, 0.29) is 6.61 Å². The van der Waals surface area contributed by atoms with E-state index in [1.807, 2.05) is 61.5 Å². The molecule has 0 fully saturated rings. The SMILES string of the molecule is Cc1cc(Nc2cc(-c3ccccc3)n[nH]2)nc(COc2ccc(Cl)cc2)n1. The molecule has 2 N–H and O–H groups in total. The summed E-state index contributed by atoms with van der Waals surface area (Å²) < 4.78 is 5.74. The van der Waals surface area contributed by atoms with Gasteiger partial charge in [-0.3, -0.25) is 5.10 Å². The van der Waals surface area contributed by atoms with Gasteiger partial charge in [-0.2, -0.15) is 5.10 Å². The number of nitrogens with zero attached hydrogens (tertiary/aromatic N) is 3. The van der Waals surface area contributed by atoms with Crippen molar-refractivity contribution in [3.8, 4) is 17.0 Å². The van der Waals surface area contributed by atoms with Crippen LogP contribution in [-0.4, -0.2) is 20.2 Å². The summed E-state index contributed by atoms with van der Waals surface area (Å²) in [6.45, 7) is 2.18. The van der Waals surface area contributed by atoms with Crippen LogP contribution in [-0.2, 0) is 6.61 Å². The number of nitrogens with one attached hydrogen (secondary N) is 2. The lowest BCUT2D eigenvalue weighted by molar-refractivity contribution is 0.295. The number of hydrogen-bond acceptors (Lipinski definition) is 5. The Morgan fingerprint density at radius 2 is 1.79 bits per heavy atom. The van der Waals surface area contributed by atoms with Gasteiger partial charge in [0.05, 0.1) is 5.69 Å². The molecule has 0 aliphatic rings. The summed E-state index contributed by atoms with van der Waals surface area (Å²) in [5.74, 6) is 2.72. The van der Waals surface area contributed by atoms with Crippen LogP contribution in [0.15, 0.2) is 66.7 Å². The molecule has 4 rings (SSSR count). The number of rotatable bonds is 6. The molecule has 0 bridgehead atoms. The van der Waals surface area contributed by atoms with E-state index in [0.29, 0.717) is 22.4 Å². The smallest absolute Gasteiger partial charge is 0.168 e. The molecular formula is C21H18ClN5O. The highest BCUT2D eigenvalue weighted by Crippen LogP contribution is 2.22. The van der Waals surface area contributed by atoms with Crippen LogP contribution >= 0.6 is 11.6 Å². The number of aromatic amines is 1. The van der Waals surface area contributed by atoms with Gasteiger partial charge in [-0.15, -0.1) is 0 Å². The fourth-order valence-electron chi connectivity index (χ4n) is 2.72. The van der Waals surface area contributed by atoms with E-state index in [2.05, 4.69) is 25.5 Å². The Hall–Kier alpha value is -3.38. The molecule has 0 amide bonds. The maximum absolute atomic E-state index is 5.89. The van der Waals surface area contributed by atoms with Crippen molar-refractivity contribution in [1.29, 1.82) is 0 Å². The predicted molar refractivity (Wildman–Crippen MR) is 110 cm³/mol. The first-order valence-electron chi connectivity index (χ1n) is 8.76. The summed E-state index contributed by atoms with van der Waals surface area (Å²) in [4.78, 5) is 8.96. The molecule has 2 aromatic heterocycles. The molecule has 2 heterocycles. The largest absolute Gasteiger partial charge is 0.486 e. The Morgan fingerprint density at radius 1 is 1.00 bits per heavy atom. The van der Waals surface area contributed by atoms with Crippen LogP contribution < -0.4 is 10.1 Å². The van der Waals surface area contributed by atoms with E-state index in [0.717, 1.165) is 22.8 Å². The molecule has 2 aromatic carbocycles. The maximum atomic E-state index is 5.89. The minimum Gasteiger partial charge on any atom is -0.486 e. The molecule has 4 aromatic rings. The molecule has 140 valence electrons. The first kappa shape index (κ1) is 18.0. The van der Waals surface area contributed by atoms with Crippen LogP contribution in [0.5, 0.6) is 5.75 Å². The van der Waals surface area contributed by atoms with Gasteiger partial charge in [-0.1, -0.05) is 41.9 Å². The number of aryl methyl sites for hydroxylation is 1. The van der Waals surface area contributed by atoms with Gasteiger partial charge in [0.15, 0.2) is 5.82 Å². The number of aromatic nitrogens is 4. The maximum Gasteiger partial charge on any atom is 0.168 e. The Labute approximate surface area is 167 Å². The third kappa shape index (κ3) is 4.47. The van der Waals surface area contributed by atoms with Crippen molar-refractivity contribution in [3.63, 3.8) is 0 Å². The summed E-state index contributed by atoms with van der Waals surface area (Å²) in [5, 5.41) is 11.2. The lowest BCUT2D eigenvalue weighted by atomic mass is 10.2. The van der Waals surface area contributed by atoms with Gasteiger partial charge < -0.3 is 10.1 Å². The molecule has 0 radical (unpaired) electrons. The highest BCUT2D eigenvalue weighted by molar-refractivity contribution is 6.30. The highest BCUT2D eigenvalue weighted by atomic mass is 35.5. The third-order valence-electron chi connectivity index (χ3n) is 3.99. The van der Waals surface area contributed by atoms with Gasteiger partial charge in [0.25, 0.3) is 0 Å². The normalized spacial score (nSPS) is 10.6. The number of anilines is 2. The average molecular weight is 392 g/mol. The summed E-state index contributed by atoms with van der Waals surface area (Å²) in [7, 11) is 0. The molecule has 6 nitrogen and oxygen atoms in total. The quantitative estimate of drug-likeness (QED) is 0.475. The van der Waals surface area contributed by atoms with Crippen LogP contribution in [0.2, 0.25) is 5.02 Å². The van der Waals surface area contributed by atoms with Crippen LogP contribution in [0.1, 0.15) is 11.5 Å². The zero-order valence-corrected chi connectivity index (χ0v) is 15.9. The number of ether oxygens (including phenoxy) is 1. The van der Waals surface area contributed by atoms with Gasteiger partial charge in [0.1, 0.15) is 24.0 Å². The van der Waals surface area contributed by atoms with E-state index in [9.17, 15) is 0 Å². The fraction of sp³-hybridized carbons (Fsp3) is 0.0952. The van der Waals surface area contributed by atoms with E-state index in [1.165, 1.54) is 0 Å². The van der Waals surface area contributed by atoms with Crippen LogP contribution in [0.4, 0.5) is 11.6 Å². The van der Waals surface area contributed by atoms with Gasteiger partial charge in [0, 0.05) is 28.4 Å². The fourth-order valence-corrected chi connectivity index (χ4v) is 2.84. The Bertz CT molecular complexity index is 1060. The molecule has 0 aliphatic carbocycles. The van der Waals surface area contributed by atoms with E-state index in [1.54, 1.807) is 12.1 Å². The molecule has 28 heavy (non-hydrogen) atoms. The Kier molecular flexibility index (Phi) is 5.21. The average Bonchev–Trinajstić information content (AvgIpc) is 3.16. The zero-order chi connectivity index (χ0) is 19.3. The topological polar surface area (TPSA) is 75.7 Å². The predicted octanol–water partition coefficient (Wildman–Crippen LogP) is 5.15. The van der Waals surface area contributed by atoms with Gasteiger partial charge in [0.2, 0.25) is 0 Å².